The average molecular weight is 447 g/mol. The van der Waals surface area contributed by atoms with E-state index >= 15 is 0 Å². The molecule has 1 amide bonds. The molecule has 0 bridgehead atoms. The number of likely N-dealkylation sites (tertiary alicyclic amines) is 1. The van der Waals surface area contributed by atoms with Crippen LogP contribution in [0.4, 0.5) is 0 Å². The van der Waals surface area contributed by atoms with Crippen LogP contribution < -0.4 is 15.5 Å². The number of aromatic nitrogens is 2. The summed E-state index contributed by atoms with van der Waals surface area (Å²) in [5.41, 5.74) is 3.70. The maximum absolute atomic E-state index is 13.0. The molecule has 1 fully saturated rings. The number of hydrogen-bond donors (Lipinski definition) is 1. The third-order valence-electron chi connectivity index (χ3n) is 6.32. The lowest BCUT2D eigenvalue weighted by molar-refractivity contribution is 0.0930. The summed E-state index contributed by atoms with van der Waals surface area (Å²) in [6, 6.07) is 15.2. The van der Waals surface area contributed by atoms with Crippen molar-refractivity contribution in [3.63, 3.8) is 0 Å². The van der Waals surface area contributed by atoms with E-state index in [1.807, 2.05) is 56.3 Å². The Morgan fingerprint density at radius 3 is 2.45 bits per heavy atom. The first-order valence-corrected chi connectivity index (χ1v) is 11.3. The van der Waals surface area contributed by atoms with Crippen molar-refractivity contribution in [1.82, 2.24) is 20.0 Å². The van der Waals surface area contributed by atoms with Crippen LogP contribution in [0, 0.1) is 13.8 Å². The van der Waals surface area contributed by atoms with Gasteiger partial charge < -0.3 is 10.1 Å². The maximum Gasteiger partial charge on any atom is 0.275 e. The number of amides is 1. The lowest BCUT2D eigenvalue weighted by Crippen LogP contribution is -2.39. The van der Waals surface area contributed by atoms with Gasteiger partial charge in [0.2, 0.25) is 5.43 Å². The Bertz CT molecular complexity index is 1180. The standard InChI is InChI=1S/C26H30N4O3/c1-18-6-9-21(16-19(18)2)30-15-12-24(31)25(28-30)26(32)27-17-23(29-13-4-5-14-29)20-7-10-22(33-3)11-8-20/h6-12,15-16,23H,4-5,13-14,17H2,1-3H3,(H,27,32)/t23-/m0/s1. The normalized spacial score (nSPS) is 14.8. The van der Waals surface area contributed by atoms with Gasteiger partial charge in [-0.05, 0) is 80.7 Å². The Morgan fingerprint density at radius 2 is 1.79 bits per heavy atom. The molecule has 3 aromatic rings. The molecule has 1 aliphatic heterocycles. The Kier molecular flexibility index (Phi) is 6.89. The molecule has 172 valence electrons. The number of aryl methyl sites for hydroxylation is 2. The maximum atomic E-state index is 13.0. The molecule has 33 heavy (non-hydrogen) atoms. The van der Waals surface area contributed by atoms with Gasteiger partial charge in [-0.25, -0.2) is 4.68 Å². The molecule has 7 heteroatoms. The lowest BCUT2D eigenvalue weighted by atomic mass is 10.1. The van der Waals surface area contributed by atoms with Gasteiger partial charge in [0.1, 0.15) is 5.75 Å². The van der Waals surface area contributed by atoms with Gasteiger partial charge >= 0.3 is 0 Å². The number of hydrogen-bond acceptors (Lipinski definition) is 5. The third kappa shape index (κ3) is 5.14. The highest BCUT2D eigenvalue weighted by molar-refractivity contribution is 5.92. The van der Waals surface area contributed by atoms with E-state index in [0.717, 1.165) is 48.5 Å². The molecule has 7 nitrogen and oxygen atoms in total. The number of ether oxygens (including phenoxy) is 1. The van der Waals surface area contributed by atoms with E-state index in [2.05, 4.69) is 15.3 Å². The first kappa shape index (κ1) is 22.7. The quantitative estimate of drug-likeness (QED) is 0.602. The van der Waals surface area contributed by atoms with E-state index in [4.69, 9.17) is 4.74 Å². The molecule has 0 spiro atoms. The van der Waals surface area contributed by atoms with Gasteiger partial charge in [0.05, 0.1) is 18.8 Å². The molecule has 1 saturated heterocycles. The summed E-state index contributed by atoms with van der Waals surface area (Å²) in [6.07, 6.45) is 3.87. The number of carbonyl (C=O) groups excluding carboxylic acids is 1. The highest BCUT2D eigenvalue weighted by atomic mass is 16.5. The van der Waals surface area contributed by atoms with Crippen molar-refractivity contribution >= 4 is 5.91 Å². The van der Waals surface area contributed by atoms with Gasteiger partial charge in [-0.15, -0.1) is 0 Å². The summed E-state index contributed by atoms with van der Waals surface area (Å²) in [5, 5.41) is 7.30. The molecule has 2 aromatic carbocycles. The summed E-state index contributed by atoms with van der Waals surface area (Å²) in [5.74, 6) is 0.333. The molecule has 0 unspecified atom stereocenters. The van der Waals surface area contributed by atoms with Crippen LogP contribution in [0.15, 0.2) is 59.5 Å². The molecular weight excluding hydrogens is 416 g/mol. The van der Waals surface area contributed by atoms with Crippen molar-refractivity contribution in [3.05, 3.63) is 87.3 Å². The second-order valence-electron chi connectivity index (χ2n) is 8.48. The fraction of sp³-hybridized carbons (Fsp3) is 0.346. The van der Waals surface area contributed by atoms with Gasteiger partial charge in [-0.2, -0.15) is 5.10 Å². The monoisotopic (exact) mass is 446 g/mol. The fourth-order valence-corrected chi connectivity index (χ4v) is 4.19. The number of nitrogens with one attached hydrogen (secondary N) is 1. The van der Waals surface area contributed by atoms with E-state index in [1.165, 1.54) is 11.6 Å². The molecule has 4 rings (SSSR count). The first-order valence-electron chi connectivity index (χ1n) is 11.3. The van der Waals surface area contributed by atoms with Crippen molar-refractivity contribution in [2.45, 2.75) is 32.7 Å². The Hall–Kier alpha value is -3.45. The largest absolute Gasteiger partial charge is 0.497 e. The molecule has 1 aromatic heterocycles. The summed E-state index contributed by atoms with van der Waals surface area (Å²) < 4.78 is 6.85. The van der Waals surface area contributed by atoms with E-state index in [-0.39, 0.29) is 11.7 Å². The molecule has 0 saturated carbocycles. The predicted molar refractivity (Wildman–Crippen MR) is 128 cm³/mol. The van der Waals surface area contributed by atoms with Crippen LogP contribution in [0.1, 0.15) is 46.1 Å². The van der Waals surface area contributed by atoms with Crippen molar-refractivity contribution in [2.75, 3.05) is 26.7 Å². The Balaban J connectivity index is 1.54. The van der Waals surface area contributed by atoms with Crippen molar-refractivity contribution < 1.29 is 9.53 Å². The van der Waals surface area contributed by atoms with Gasteiger partial charge in [0, 0.05) is 18.8 Å². The lowest BCUT2D eigenvalue weighted by Gasteiger charge is -2.28. The van der Waals surface area contributed by atoms with Crippen molar-refractivity contribution in [2.24, 2.45) is 0 Å². The minimum Gasteiger partial charge on any atom is -0.497 e. The van der Waals surface area contributed by atoms with Gasteiger partial charge in [0.15, 0.2) is 5.69 Å². The highest BCUT2D eigenvalue weighted by Crippen LogP contribution is 2.26. The van der Waals surface area contributed by atoms with Crippen molar-refractivity contribution in [3.8, 4) is 11.4 Å². The highest BCUT2D eigenvalue weighted by Gasteiger charge is 2.25. The van der Waals surface area contributed by atoms with Crippen LogP contribution in [0.25, 0.3) is 5.69 Å². The van der Waals surface area contributed by atoms with Gasteiger partial charge in [0.25, 0.3) is 5.91 Å². The summed E-state index contributed by atoms with van der Waals surface area (Å²) in [6.45, 7) is 6.42. The van der Waals surface area contributed by atoms with E-state index in [0.29, 0.717) is 6.54 Å². The van der Waals surface area contributed by atoms with E-state index in [1.54, 1.807) is 18.0 Å². The topological polar surface area (TPSA) is 76.5 Å². The van der Waals surface area contributed by atoms with Crippen LogP contribution in [0.5, 0.6) is 5.75 Å². The molecular formula is C26H30N4O3. The summed E-state index contributed by atoms with van der Waals surface area (Å²) in [7, 11) is 1.64. The zero-order chi connectivity index (χ0) is 23.4. The zero-order valence-electron chi connectivity index (χ0n) is 19.4. The molecule has 1 aliphatic rings. The first-order chi connectivity index (χ1) is 16.0. The number of rotatable bonds is 7. The molecule has 0 radical (unpaired) electrons. The Labute approximate surface area is 194 Å². The molecule has 0 aliphatic carbocycles. The van der Waals surface area contributed by atoms with Crippen LogP contribution in [0.2, 0.25) is 0 Å². The number of nitrogens with zero attached hydrogens (tertiary/aromatic N) is 3. The SMILES string of the molecule is COc1ccc([C@H](CNC(=O)c2nn(-c3ccc(C)c(C)c3)ccc2=O)N2CCCC2)cc1. The molecule has 2 heterocycles. The minimum atomic E-state index is -0.462. The van der Waals surface area contributed by atoms with Crippen molar-refractivity contribution in [1.29, 1.82) is 0 Å². The number of carbonyl (C=O) groups is 1. The van der Waals surface area contributed by atoms with Gasteiger partial charge in [-0.1, -0.05) is 18.2 Å². The number of methoxy groups -OCH3 is 1. The van der Waals surface area contributed by atoms with Gasteiger partial charge in [-0.3, -0.25) is 14.5 Å². The smallest absolute Gasteiger partial charge is 0.275 e. The average Bonchev–Trinajstić information content (AvgIpc) is 3.36. The van der Waals surface area contributed by atoms with E-state index < -0.39 is 11.3 Å². The predicted octanol–water partition coefficient (Wildman–Crippen LogP) is 3.42. The second kappa shape index (κ2) is 10.0. The summed E-state index contributed by atoms with van der Waals surface area (Å²) >= 11 is 0. The van der Waals surface area contributed by atoms with Crippen LogP contribution in [0.3, 0.4) is 0 Å². The van der Waals surface area contributed by atoms with Crippen LogP contribution in [-0.4, -0.2) is 47.3 Å². The Morgan fingerprint density at radius 1 is 1.06 bits per heavy atom. The number of benzene rings is 2. The molecule has 1 N–H and O–H groups in total. The second-order valence-corrected chi connectivity index (χ2v) is 8.48. The fourth-order valence-electron chi connectivity index (χ4n) is 4.19. The van der Waals surface area contributed by atoms with E-state index in [9.17, 15) is 9.59 Å². The van der Waals surface area contributed by atoms with Crippen LogP contribution >= 0.6 is 0 Å². The minimum absolute atomic E-state index is 0.0213. The zero-order valence-corrected chi connectivity index (χ0v) is 19.4. The third-order valence-corrected chi connectivity index (χ3v) is 6.32. The van der Waals surface area contributed by atoms with Crippen LogP contribution in [-0.2, 0) is 0 Å². The molecule has 1 atom stereocenters. The summed E-state index contributed by atoms with van der Waals surface area (Å²) in [4.78, 5) is 27.8.